The summed E-state index contributed by atoms with van der Waals surface area (Å²) in [6.07, 6.45) is -4.36. The van der Waals surface area contributed by atoms with Gasteiger partial charge in [0.25, 0.3) is 0 Å². The van der Waals surface area contributed by atoms with Crippen LogP contribution < -0.4 is 10.1 Å². The van der Waals surface area contributed by atoms with Crippen LogP contribution in [0.3, 0.4) is 0 Å². The van der Waals surface area contributed by atoms with Crippen LogP contribution in [-0.4, -0.2) is 62.1 Å². The Labute approximate surface area is 209 Å². The number of hydrogen-bond acceptors (Lipinski definition) is 6. The first-order chi connectivity index (χ1) is 17.0. The molecule has 0 spiro atoms. The van der Waals surface area contributed by atoms with Crippen molar-refractivity contribution in [3.05, 3.63) is 59.7 Å². The number of benzene rings is 2. The first-order valence-corrected chi connectivity index (χ1v) is 13.4. The van der Waals surface area contributed by atoms with Crippen LogP contribution in [0, 0.1) is 12.8 Å². The summed E-state index contributed by atoms with van der Waals surface area (Å²) in [5.41, 5.74) is 2.17. The van der Waals surface area contributed by atoms with E-state index >= 15 is 0 Å². The maximum absolute atomic E-state index is 13.6. The molecule has 2 fully saturated rings. The molecule has 36 heavy (non-hydrogen) atoms. The number of aliphatic hydroxyl groups is 1. The van der Waals surface area contributed by atoms with E-state index in [9.17, 15) is 26.7 Å². The minimum absolute atomic E-state index is 0.122. The molecule has 4 rings (SSSR count). The molecular weight excluding hydrogens is 497 g/mol. The molecule has 1 saturated heterocycles. The van der Waals surface area contributed by atoms with Crippen LogP contribution in [0.15, 0.2) is 53.4 Å². The summed E-state index contributed by atoms with van der Waals surface area (Å²) in [6, 6.07) is 11.7. The fraction of sp³-hybridized carbons (Fsp3) is 0.520. The highest BCUT2D eigenvalue weighted by atomic mass is 32.2. The Morgan fingerprint density at radius 3 is 2.56 bits per heavy atom. The number of nitrogens with zero attached hydrogens (tertiary/aromatic N) is 1. The fourth-order valence-electron chi connectivity index (χ4n) is 5.12. The van der Waals surface area contributed by atoms with Crippen molar-refractivity contribution >= 4 is 10.0 Å². The third-order valence-electron chi connectivity index (χ3n) is 6.76. The van der Waals surface area contributed by atoms with Gasteiger partial charge < -0.3 is 19.9 Å². The minimum atomic E-state index is -4.86. The summed E-state index contributed by atoms with van der Waals surface area (Å²) < 4.78 is 75.9. The monoisotopic (exact) mass is 528 g/mol. The van der Waals surface area contributed by atoms with Crippen LogP contribution in [0.4, 0.5) is 13.2 Å². The molecule has 2 N–H and O–H groups in total. The molecule has 1 heterocycles. The lowest BCUT2D eigenvalue weighted by Crippen LogP contribution is -2.47. The lowest BCUT2D eigenvalue weighted by molar-refractivity contribution is -0.274. The van der Waals surface area contributed by atoms with Gasteiger partial charge in [-0.25, -0.2) is 8.42 Å². The van der Waals surface area contributed by atoms with Gasteiger partial charge in [0.05, 0.1) is 23.7 Å². The second-order valence-corrected chi connectivity index (χ2v) is 11.3. The number of aliphatic hydroxyl groups excluding tert-OH is 1. The second kappa shape index (κ2) is 11.1. The van der Waals surface area contributed by atoms with Crippen LogP contribution in [0.2, 0.25) is 0 Å². The summed E-state index contributed by atoms with van der Waals surface area (Å²) in [6.45, 7) is 3.62. The summed E-state index contributed by atoms with van der Waals surface area (Å²) in [5, 5.41) is 14.1. The van der Waals surface area contributed by atoms with Crippen molar-refractivity contribution in [1.29, 1.82) is 0 Å². The molecule has 2 aliphatic rings. The number of hydrogen-bond donors (Lipinski definition) is 2. The van der Waals surface area contributed by atoms with Crippen molar-refractivity contribution in [3.63, 3.8) is 0 Å². The highest BCUT2D eigenvalue weighted by Gasteiger charge is 2.44. The molecule has 2 aromatic carbocycles. The zero-order valence-corrected chi connectivity index (χ0v) is 20.8. The van der Waals surface area contributed by atoms with Crippen LogP contribution >= 0.6 is 0 Å². The number of halogens is 3. The van der Waals surface area contributed by atoms with Gasteiger partial charge in [0.1, 0.15) is 5.75 Å². The van der Waals surface area contributed by atoms with Crippen molar-refractivity contribution in [2.75, 3.05) is 19.6 Å². The Bertz CT molecular complexity index is 1130. The quantitative estimate of drug-likeness (QED) is 0.571. The third-order valence-corrected chi connectivity index (χ3v) is 8.69. The SMILES string of the molecule is Cc1cccc(COC2CC(O)C(C3CCNCCN3S(=O)(=O)c3ccc(OC(F)(F)F)cc3)C2)c1. The van der Waals surface area contributed by atoms with Crippen LogP contribution in [-0.2, 0) is 21.4 Å². The van der Waals surface area contributed by atoms with E-state index in [0.717, 1.165) is 35.4 Å². The van der Waals surface area contributed by atoms with Crippen LogP contribution in [0.1, 0.15) is 30.4 Å². The highest BCUT2D eigenvalue weighted by molar-refractivity contribution is 7.89. The Kier molecular flexibility index (Phi) is 8.25. The number of rotatable bonds is 7. The van der Waals surface area contributed by atoms with Crippen molar-refractivity contribution < 1.29 is 36.2 Å². The van der Waals surface area contributed by atoms with Gasteiger partial charge in [0, 0.05) is 25.0 Å². The average Bonchev–Trinajstić information content (AvgIpc) is 3.00. The van der Waals surface area contributed by atoms with Crippen molar-refractivity contribution in [2.45, 2.75) is 62.3 Å². The fourth-order valence-corrected chi connectivity index (χ4v) is 6.82. The Hall–Kier alpha value is -2.18. The topological polar surface area (TPSA) is 88.1 Å². The van der Waals surface area contributed by atoms with Gasteiger partial charge in [-0.1, -0.05) is 29.8 Å². The predicted octanol–water partition coefficient (Wildman–Crippen LogP) is 3.60. The number of aryl methyl sites for hydroxylation is 1. The van der Waals surface area contributed by atoms with E-state index in [1.807, 2.05) is 31.2 Å². The lowest BCUT2D eigenvalue weighted by atomic mass is 9.93. The molecule has 1 saturated carbocycles. The van der Waals surface area contributed by atoms with Gasteiger partial charge in [-0.15, -0.1) is 13.2 Å². The molecule has 0 bridgehead atoms. The van der Waals surface area contributed by atoms with Crippen molar-refractivity contribution in [3.8, 4) is 5.75 Å². The number of sulfonamides is 1. The van der Waals surface area contributed by atoms with E-state index in [-0.39, 0.29) is 23.5 Å². The molecule has 4 atom stereocenters. The minimum Gasteiger partial charge on any atom is -0.406 e. The van der Waals surface area contributed by atoms with Crippen LogP contribution in [0.5, 0.6) is 5.75 Å². The maximum Gasteiger partial charge on any atom is 0.573 e. The van der Waals surface area contributed by atoms with Gasteiger partial charge in [-0.2, -0.15) is 4.31 Å². The molecule has 4 unspecified atom stereocenters. The maximum atomic E-state index is 13.6. The lowest BCUT2D eigenvalue weighted by Gasteiger charge is -2.34. The third kappa shape index (κ3) is 6.57. The molecule has 0 aromatic heterocycles. The molecule has 1 aliphatic carbocycles. The summed E-state index contributed by atoms with van der Waals surface area (Å²) >= 11 is 0. The molecule has 0 radical (unpaired) electrons. The van der Waals surface area contributed by atoms with E-state index in [1.54, 1.807) is 0 Å². The van der Waals surface area contributed by atoms with Gasteiger partial charge in [0.15, 0.2) is 0 Å². The van der Waals surface area contributed by atoms with Crippen molar-refractivity contribution in [1.82, 2.24) is 9.62 Å². The molecule has 0 amide bonds. The molecule has 198 valence electrons. The highest BCUT2D eigenvalue weighted by Crippen LogP contribution is 2.37. The zero-order valence-electron chi connectivity index (χ0n) is 19.9. The van der Waals surface area contributed by atoms with Gasteiger partial charge in [-0.3, -0.25) is 0 Å². The predicted molar refractivity (Wildman–Crippen MR) is 127 cm³/mol. The Morgan fingerprint density at radius 2 is 1.86 bits per heavy atom. The zero-order chi connectivity index (χ0) is 25.9. The van der Waals surface area contributed by atoms with Gasteiger partial charge in [0.2, 0.25) is 10.0 Å². The smallest absolute Gasteiger partial charge is 0.406 e. The Balaban J connectivity index is 1.49. The molecule has 1 aliphatic heterocycles. The normalized spacial score (nSPS) is 26.0. The molecular formula is C25H31F3N2O5S. The summed E-state index contributed by atoms with van der Waals surface area (Å²) in [5.74, 6) is -0.814. The average molecular weight is 529 g/mol. The first-order valence-electron chi connectivity index (χ1n) is 12.0. The largest absolute Gasteiger partial charge is 0.573 e. The van der Waals surface area contributed by atoms with E-state index in [0.29, 0.717) is 39.0 Å². The molecule has 11 heteroatoms. The van der Waals surface area contributed by atoms with E-state index in [4.69, 9.17) is 4.74 Å². The number of ether oxygens (including phenoxy) is 2. The van der Waals surface area contributed by atoms with Crippen LogP contribution in [0.25, 0.3) is 0 Å². The Morgan fingerprint density at radius 1 is 1.11 bits per heavy atom. The molecule has 2 aromatic rings. The van der Waals surface area contributed by atoms with Crippen molar-refractivity contribution in [2.24, 2.45) is 5.92 Å². The number of alkyl halides is 3. The van der Waals surface area contributed by atoms with Gasteiger partial charge >= 0.3 is 6.36 Å². The first kappa shape index (κ1) is 26.9. The number of nitrogens with one attached hydrogen (secondary N) is 1. The van der Waals surface area contributed by atoms with E-state index < -0.39 is 34.3 Å². The summed E-state index contributed by atoms with van der Waals surface area (Å²) in [7, 11) is -4.03. The van der Waals surface area contributed by atoms with Gasteiger partial charge in [-0.05, 0) is 62.6 Å². The standard InChI is InChI=1S/C25H31F3N2O5S/c1-17-3-2-4-18(13-17)16-34-20-14-22(24(31)15-20)23-9-10-29-11-12-30(23)36(32,33)21-7-5-19(6-8-21)35-25(26,27)28/h2-8,13,20,22-24,29,31H,9-12,14-16H2,1H3. The van der Waals surface area contributed by atoms with E-state index in [2.05, 4.69) is 10.1 Å². The van der Waals surface area contributed by atoms with E-state index in [1.165, 1.54) is 4.31 Å². The molecule has 7 nitrogen and oxygen atoms in total. The second-order valence-electron chi connectivity index (χ2n) is 9.37. The summed E-state index contributed by atoms with van der Waals surface area (Å²) in [4.78, 5) is -0.122.